The Hall–Kier alpha value is -0.410. The molecular formula is C16H16Cl5O3P. The number of rotatable bonds is 6. The number of carboxylic acid groups (broad SMARTS) is 1. The van der Waals surface area contributed by atoms with Gasteiger partial charge in [-0.2, -0.15) is 0 Å². The first-order valence-electron chi connectivity index (χ1n) is 7.06. The standard InChI is InChI=1S/C16H16O3.Cl5P/c17-16(18)11-8-13-6-9-15(10-7-13)19-12-14-4-2-1-3-5-14;1-6(2,3,4)5/h1-7,9-10H,8,11-12H2,(H,17,18);. The third kappa shape index (κ3) is 14.4. The van der Waals surface area contributed by atoms with Gasteiger partial charge < -0.3 is 9.84 Å². The molecule has 2 aromatic rings. The fourth-order valence-electron chi connectivity index (χ4n) is 1.74. The van der Waals surface area contributed by atoms with Gasteiger partial charge in [0.25, 0.3) is 0 Å². The van der Waals surface area contributed by atoms with E-state index in [4.69, 9.17) is 66.0 Å². The van der Waals surface area contributed by atoms with Crippen molar-refractivity contribution in [1.29, 1.82) is 0 Å². The number of ether oxygens (including phenoxy) is 1. The zero-order valence-electron chi connectivity index (χ0n) is 12.9. The molecule has 0 saturated heterocycles. The summed E-state index contributed by atoms with van der Waals surface area (Å²) in [6, 6.07) is 17.5. The van der Waals surface area contributed by atoms with Gasteiger partial charge in [0.2, 0.25) is 0 Å². The fourth-order valence-corrected chi connectivity index (χ4v) is 1.74. The summed E-state index contributed by atoms with van der Waals surface area (Å²) in [7, 11) is 0. The van der Waals surface area contributed by atoms with Gasteiger partial charge in [0.15, 0.2) is 0 Å². The summed E-state index contributed by atoms with van der Waals surface area (Å²) in [6.07, 6.45) is 0.707. The van der Waals surface area contributed by atoms with E-state index in [-0.39, 0.29) is 6.42 Å². The molecule has 3 nitrogen and oxygen atoms in total. The third-order valence-electron chi connectivity index (χ3n) is 2.80. The number of benzene rings is 2. The first kappa shape index (κ1) is 22.6. The van der Waals surface area contributed by atoms with Gasteiger partial charge in [-0.05, 0) is 29.7 Å². The smallest absolute Gasteiger partial charge is 0.303 e. The van der Waals surface area contributed by atoms with E-state index >= 15 is 0 Å². The first-order valence-corrected chi connectivity index (χ1v) is 13.8. The Morgan fingerprint density at radius 3 is 1.88 bits per heavy atom. The second kappa shape index (κ2) is 10.1. The fraction of sp³-hybridized carbons (Fsp3) is 0.188. The number of hydrogen-bond donors (Lipinski definition) is 1. The zero-order valence-corrected chi connectivity index (χ0v) is 17.6. The maximum Gasteiger partial charge on any atom is 0.303 e. The SMILES string of the molecule is ClP(Cl)(Cl)(Cl)Cl.O=C(O)CCc1ccc(OCc2ccccc2)cc1. The van der Waals surface area contributed by atoms with Crippen LogP contribution in [0.3, 0.4) is 0 Å². The van der Waals surface area contributed by atoms with Crippen LogP contribution in [-0.4, -0.2) is 11.1 Å². The molecule has 2 rings (SSSR count). The van der Waals surface area contributed by atoms with E-state index < -0.39 is 9.34 Å². The Kier molecular flexibility index (Phi) is 9.11. The molecule has 0 aliphatic carbocycles. The molecule has 0 heterocycles. The minimum atomic E-state index is -3.69. The van der Waals surface area contributed by atoms with Crippen molar-refractivity contribution in [2.45, 2.75) is 19.4 Å². The molecular weight excluding hydrogens is 448 g/mol. The molecule has 0 amide bonds. The van der Waals surface area contributed by atoms with Crippen LogP contribution in [0.1, 0.15) is 17.5 Å². The van der Waals surface area contributed by atoms with Crippen molar-refractivity contribution < 1.29 is 14.6 Å². The second-order valence-corrected chi connectivity index (χ2v) is 21.6. The summed E-state index contributed by atoms with van der Waals surface area (Å²) >= 11 is 24.9. The van der Waals surface area contributed by atoms with Crippen LogP contribution >= 0.6 is 59.6 Å². The molecule has 0 aliphatic heterocycles. The molecule has 138 valence electrons. The molecule has 0 bridgehead atoms. The van der Waals surface area contributed by atoms with Crippen molar-refractivity contribution in [3.05, 3.63) is 65.7 Å². The maximum atomic E-state index is 10.5. The number of aryl methyl sites for hydroxylation is 1. The molecule has 0 spiro atoms. The van der Waals surface area contributed by atoms with E-state index in [1.807, 2.05) is 54.6 Å². The summed E-state index contributed by atoms with van der Waals surface area (Å²) in [5.41, 5.74) is 2.13. The summed E-state index contributed by atoms with van der Waals surface area (Å²) < 4.78 is 1.97. The van der Waals surface area contributed by atoms with Crippen molar-refractivity contribution in [3.63, 3.8) is 0 Å². The van der Waals surface area contributed by atoms with Crippen LogP contribution in [0.25, 0.3) is 0 Å². The van der Waals surface area contributed by atoms with Gasteiger partial charge in [-0.1, -0.05) is 42.5 Å². The first-order chi connectivity index (χ1) is 11.5. The number of carboxylic acids is 1. The van der Waals surface area contributed by atoms with E-state index in [1.165, 1.54) is 0 Å². The van der Waals surface area contributed by atoms with Gasteiger partial charge in [-0.25, -0.2) is 0 Å². The van der Waals surface area contributed by atoms with E-state index in [1.54, 1.807) is 0 Å². The molecule has 0 aromatic heterocycles. The van der Waals surface area contributed by atoms with Crippen molar-refractivity contribution in [3.8, 4) is 5.75 Å². The third-order valence-corrected chi connectivity index (χ3v) is 2.80. The minimum absolute atomic E-state index is 0.157. The van der Waals surface area contributed by atoms with Crippen LogP contribution in [0.5, 0.6) is 5.75 Å². The Morgan fingerprint density at radius 2 is 1.40 bits per heavy atom. The maximum absolute atomic E-state index is 10.5. The number of halogens is 5. The van der Waals surface area contributed by atoms with E-state index in [0.717, 1.165) is 16.9 Å². The second-order valence-electron chi connectivity index (χ2n) is 4.95. The van der Waals surface area contributed by atoms with Crippen LogP contribution in [0.4, 0.5) is 0 Å². The molecule has 0 unspecified atom stereocenters. The Balaban J connectivity index is 0.000000450. The van der Waals surface area contributed by atoms with Crippen LogP contribution in [-0.2, 0) is 17.8 Å². The average molecular weight is 465 g/mol. The van der Waals surface area contributed by atoms with Crippen LogP contribution in [0.2, 0.25) is 0 Å². The van der Waals surface area contributed by atoms with Crippen LogP contribution < -0.4 is 4.74 Å². The number of hydrogen-bond acceptors (Lipinski definition) is 2. The van der Waals surface area contributed by atoms with Gasteiger partial charge in [-0.3, -0.25) is 4.79 Å². The van der Waals surface area contributed by atoms with Crippen molar-refractivity contribution in [1.82, 2.24) is 0 Å². The summed E-state index contributed by atoms with van der Waals surface area (Å²) in [5, 5.41) is 8.61. The van der Waals surface area contributed by atoms with Crippen molar-refractivity contribution >= 4 is 65.5 Å². The summed E-state index contributed by atoms with van der Waals surface area (Å²) in [6.45, 7) is 0.537. The molecule has 0 atom stereocenters. The van der Waals surface area contributed by atoms with Crippen LogP contribution in [0, 0.1) is 0 Å². The molecule has 1 N–H and O–H groups in total. The zero-order chi connectivity index (χ0) is 18.9. The van der Waals surface area contributed by atoms with Crippen molar-refractivity contribution in [2.75, 3.05) is 0 Å². The Morgan fingerprint density at radius 1 is 0.880 bits per heavy atom. The van der Waals surface area contributed by atoms with Crippen molar-refractivity contribution in [2.24, 2.45) is 0 Å². The van der Waals surface area contributed by atoms with Gasteiger partial charge in [0, 0.05) is 6.42 Å². The summed E-state index contributed by atoms with van der Waals surface area (Å²) in [4.78, 5) is 10.5. The molecule has 0 aliphatic rings. The molecule has 0 saturated carbocycles. The Bertz CT molecular complexity index is 653. The van der Waals surface area contributed by atoms with Gasteiger partial charge >= 0.3 is 65.5 Å². The molecule has 25 heavy (non-hydrogen) atoms. The molecule has 2 aromatic carbocycles. The predicted octanol–water partition coefficient (Wildman–Crippen LogP) is 7.59. The minimum Gasteiger partial charge on any atom is -0.489 e. The predicted molar refractivity (Wildman–Crippen MR) is 109 cm³/mol. The van der Waals surface area contributed by atoms with E-state index in [9.17, 15) is 4.79 Å². The number of carbonyl (C=O) groups is 1. The largest absolute Gasteiger partial charge is 0.489 e. The normalized spacial score (nSPS) is 12.3. The topological polar surface area (TPSA) is 46.5 Å². The molecule has 9 heteroatoms. The average Bonchev–Trinajstić information content (AvgIpc) is 2.50. The van der Waals surface area contributed by atoms with Gasteiger partial charge in [0.1, 0.15) is 12.4 Å². The van der Waals surface area contributed by atoms with Gasteiger partial charge in [0.05, 0.1) is 0 Å². The monoisotopic (exact) mass is 462 g/mol. The Labute approximate surface area is 170 Å². The molecule has 0 radical (unpaired) electrons. The number of aliphatic carboxylic acids is 1. The van der Waals surface area contributed by atoms with Gasteiger partial charge in [-0.15, -0.1) is 0 Å². The quantitative estimate of drug-likeness (QED) is 0.448. The van der Waals surface area contributed by atoms with E-state index in [0.29, 0.717) is 13.0 Å². The van der Waals surface area contributed by atoms with Crippen LogP contribution in [0.15, 0.2) is 54.6 Å². The van der Waals surface area contributed by atoms with E-state index in [2.05, 4.69) is 0 Å². The summed E-state index contributed by atoms with van der Waals surface area (Å²) in [5.74, 6) is 0.0207. The molecule has 0 fully saturated rings.